The van der Waals surface area contributed by atoms with Crippen molar-refractivity contribution in [2.45, 2.75) is 18.4 Å². The molecule has 0 fully saturated rings. The van der Waals surface area contributed by atoms with Crippen LogP contribution < -0.4 is 15.8 Å². The lowest BCUT2D eigenvalue weighted by Crippen LogP contribution is -2.30. The highest BCUT2D eigenvalue weighted by molar-refractivity contribution is 7.90. The van der Waals surface area contributed by atoms with E-state index in [1.807, 2.05) is 31.2 Å². The summed E-state index contributed by atoms with van der Waals surface area (Å²) in [7, 11) is -4.04. The summed E-state index contributed by atoms with van der Waals surface area (Å²) in [6.07, 6.45) is 0. The molecule has 0 unspecified atom stereocenters. The van der Waals surface area contributed by atoms with Crippen molar-refractivity contribution in [3.8, 4) is 11.1 Å². The van der Waals surface area contributed by atoms with Gasteiger partial charge in [-0.2, -0.15) is 0 Å². The number of benzene rings is 2. The number of nitrogens with two attached hydrogens (primary N) is 1. The summed E-state index contributed by atoms with van der Waals surface area (Å²) in [4.78, 5) is 23.7. The van der Waals surface area contributed by atoms with Crippen LogP contribution in [0.25, 0.3) is 11.1 Å². The van der Waals surface area contributed by atoms with Gasteiger partial charge in [-0.1, -0.05) is 42.0 Å². The zero-order valence-corrected chi connectivity index (χ0v) is 17.1. The van der Waals surface area contributed by atoms with Gasteiger partial charge in [0.05, 0.1) is 4.90 Å². The predicted octanol–water partition coefficient (Wildman–Crippen LogP) is 3.01. The number of nitrogens with one attached hydrogen (secondary N) is 2. The lowest BCUT2D eigenvalue weighted by Gasteiger charge is -2.09. The Morgan fingerprint density at radius 1 is 1.00 bits per heavy atom. The Morgan fingerprint density at radius 2 is 1.66 bits per heavy atom. The van der Waals surface area contributed by atoms with Gasteiger partial charge < -0.3 is 11.1 Å². The Labute approximate surface area is 172 Å². The van der Waals surface area contributed by atoms with Crippen molar-refractivity contribution in [2.24, 2.45) is 5.73 Å². The highest BCUT2D eigenvalue weighted by Crippen LogP contribution is 2.29. The largest absolute Gasteiger partial charge is 0.352 e. The zero-order valence-electron chi connectivity index (χ0n) is 15.5. The number of carbonyl (C=O) groups excluding carboxylic acids is 2. The van der Waals surface area contributed by atoms with Gasteiger partial charge in [0.1, 0.15) is 4.88 Å². The number of sulfonamides is 1. The number of rotatable bonds is 6. The SMILES string of the molecule is Cc1ccc(-c2ccsc2C(=O)NS(=O)(=O)c2ccc(CNC(N)=O)cc2)cc1. The Kier molecular flexibility index (Phi) is 6.00. The number of hydrogen-bond donors (Lipinski definition) is 3. The summed E-state index contributed by atoms with van der Waals surface area (Å²) < 4.78 is 27.3. The molecule has 0 radical (unpaired) electrons. The van der Waals surface area contributed by atoms with Gasteiger partial charge in [-0.3, -0.25) is 4.79 Å². The monoisotopic (exact) mass is 429 g/mol. The number of urea groups is 1. The summed E-state index contributed by atoms with van der Waals surface area (Å²) >= 11 is 1.18. The van der Waals surface area contributed by atoms with E-state index >= 15 is 0 Å². The van der Waals surface area contributed by atoms with E-state index in [1.54, 1.807) is 11.4 Å². The topological polar surface area (TPSA) is 118 Å². The lowest BCUT2D eigenvalue weighted by atomic mass is 10.1. The first kappa shape index (κ1) is 20.6. The summed E-state index contributed by atoms with van der Waals surface area (Å²) in [6, 6.07) is 14.6. The van der Waals surface area contributed by atoms with Gasteiger partial charge >= 0.3 is 6.03 Å². The van der Waals surface area contributed by atoms with Crippen LogP contribution in [0.3, 0.4) is 0 Å². The van der Waals surface area contributed by atoms with Crippen LogP contribution in [0.5, 0.6) is 0 Å². The Bertz CT molecular complexity index is 1140. The van der Waals surface area contributed by atoms with E-state index in [9.17, 15) is 18.0 Å². The molecule has 2 aromatic carbocycles. The molecule has 9 heteroatoms. The maximum Gasteiger partial charge on any atom is 0.312 e. The first-order chi connectivity index (χ1) is 13.8. The molecule has 3 aromatic rings. The molecule has 4 N–H and O–H groups in total. The van der Waals surface area contributed by atoms with E-state index in [2.05, 4.69) is 10.0 Å². The van der Waals surface area contributed by atoms with E-state index in [4.69, 9.17) is 5.73 Å². The third-order valence-electron chi connectivity index (χ3n) is 4.16. The van der Waals surface area contributed by atoms with Crippen molar-refractivity contribution < 1.29 is 18.0 Å². The van der Waals surface area contributed by atoms with E-state index in [0.29, 0.717) is 16.0 Å². The van der Waals surface area contributed by atoms with Gasteiger partial charge in [0, 0.05) is 12.1 Å². The lowest BCUT2D eigenvalue weighted by molar-refractivity contribution is 0.0986. The van der Waals surface area contributed by atoms with Gasteiger partial charge in [-0.25, -0.2) is 17.9 Å². The van der Waals surface area contributed by atoms with Crippen LogP contribution in [0.4, 0.5) is 4.79 Å². The number of primary amides is 1. The van der Waals surface area contributed by atoms with Crippen LogP contribution in [-0.4, -0.2) is 20.4 Å². The number of amides is 3. The standard InChI is InChI=1S/C20H19N3O4S2/c1-13-2-6-15(7-3-13)17-10-11-28-18(17)19(24)23-29(26,27)16-8-4-14(5-9-16)12-22-20(21)25/h2-11H,12H2,1H3,(H,23,24)(H3,21,22,25). The highest BCUT2D eigenvalue weighted by Gasteiger charge is 2.22. The molecule has 150 valence electrons. The van der Waals surface area contributed by atoms with Crippen LogP contribution in [0.2, 0.25) is 0 Å². The Balaban J connectivity index is 1.77. The highest BCUT2D eigenvalue weighted by atomic mass is 32.2. The van der Waals surface area contributed by atoms with Crippen LogP contribution in [0.1, 0.15) is 20.8 Å². The molecule has 0 saturated carbocycles. The second-order valence-corrected chi connectivity index (χ2v) is 8.92. The third-order valence-corrected chi connectivity index (χ3v) is 6.42. The van der Waals surface area contributed by atoms with E-state index < -0.39 is 22.0 Å². The summed E-state index contributed by atoms with van der Waals surface area (Å²) in [6.45, 7) is 2.14. The van der Waals surface area contributed by atoms with E-state index in [1.165, 1.54) is 35.6 Å². The number of hydrogen-bond acceptors (Lipinski definition) is 5. The average molecular weight is 430 g/mol. The summed E-state index contributed by atoms with van der Waals surface area (Å²) in [5.74, 6) is -0.685. The predicted molar refractivity (Wildman–Crippen MR) is 112 cm³/mol. The van der Waals surface area contributed by atoms with Crippen LogP contribution in [-0.2, 0) is 16.6 Å². The third kappa shape index (κ3) is 5.01. The van der Waals surface area contributed by atoms with Gasteiger partial charge in [0.15, 0.2) is 0 Å². The van der Waals surface area contributed by atoms with Crippen molar-refractivity contribution in [3.05, 3.63) is 76.0 Å². The maximum atomic E-state index is 12.7. The van der Waals surface area contributed by atoms with Crippen LogP contribution in [0.15, 0.2) is 64.9 Å². The number of carbonyl (C=O) groups is 2. The molecule has 1 heterocycles. The number of aryl methyl sites for hydroxylation is 1. The van der Waals surface area contributed by atoms with Crippen LogP contribution >= 0.6 is 11.3 Å². The Hall–Kier alpha value is -3.17. The summed E-state index contributed by atoms with van der Waals surface area (Å²) in [5, 5.41) is 4.16. The maximum absolute atomic E-state index is 12.7. The minimum atomic E-state index is -4.04. The zero-order chi connectivity index (χ0) is 21.0. The van der Waals surface area contributed by atoms with Crippen molar-refractivity contribution in [2.75, 3.05) is 0 Å². The van der Waals surface area contributed by atoms with Crippen molar-refractivity contribution >= 4 is 33.3 Å². The van der Waals surface area contributed by atoms with Gasteiger partial charge in [0.2, 0.25) is 0 Å². The summed E-state index contributed by atoms with van der Waals surface area (Å²) in [5.41, 5.74) is 8.29. The molecule has 0 spiro atoms. The molecule has 1 aromatic heterocycles. The minimum Gasteiger partial charge on any atom is -0.352 e. The fraction of sp³-hybridized carbons (Fsp3) is 0.100. The molecule has 29 heavy (non-hydrogen) atoms. The van der Waals surface area contributed by atoms with Gasteiger partial charge in [0.25, 0.3) is 15.9 Å². The fourth-order valence-electron chi connectivity index (χ4n) is 2.65. The second-order valence-electron chi connectivity index (χ2n) is 6.33. The normalized spacial score (nSPS) is 11.1. The fourth-order valence-corrected chi connectivity index (χ4v) is 4.48. The van der Waals surface area contributed by atoms with Crippen molar-refractivity contribution in [1.82, 2.24) is 10.0 Å². The Morgan fingerprint density at radius 3 is 2.28 bits per heavy atom. The smallest absolute Gasteiger partial charge is 0.312 e. The first-order valence-corrected chi connectivity index (χ1v) is 11.0. The molecule has 7 nitrogen and oxygen atoms in total. The van der Waals surface area contributed by atoms with Crippen molar-refractivity contribution in [1.29, 1.82) is 0 Å². The quantitative estimate of drug-likeness (QED) is 0.558. The molecular weight excluding hydrogens is 410 g/mol. The van der Waals surface area contributed by atoms with E-state index in [0.717, 1.165) is 11.1 Å². The first-order valence-electron chi connectivity index (χ1n) is 8.60. The number of thiophene rings is 1. The van der Waals surface area contributed by atoms with Crippen LogP contribution in [0, 0.1) is 6.92 Å². The molecule has 0 aliphatic rings. The molecule has 3 rings (SSSR count). The molecule has 0 atom stereocenters. The molecule has 3 amide bonds. The van der Waals surface area contributed by atoms with Crippen molar-refractivity contribution in [3.63, 3.8) is 0 Å². The molecule has 0 aliphatic heterocycles. The molecular formula is C20H19N3O4S2. The average Bonchev–Trinajstić information content (AvgIpc) is 3.17. The van der Waals surface area contributed by atoms with Gasteiger partial charge in [-0.15, -0.1) is 11.3 Å². The second kappa shape index (κ2) is 8.46. The van der Waals surface area contributed by atoms with E-state index in [-0.39, 0.29) is 11.4 Å². The molecule has 0 bridgehead atoms. The minimum absolute atomic E-state index is 0.0536. The van der Waals surface area contributed by atoms with Gasteiger partial charge in [-0.05, 0) is 41.6 Å². The molecule has 0 aliphatic carbocycles. The molecule has 0 saturated heterocycles.